The molecule has 2 aromatic rings. The maximum atomic E-state index is 12.8. The lowest BCUT2D eigenvalue weighted by atomic mass is 10.00. The van der Waals surface area contributed by atoms with Crippen LogP contribution in [0.2, 0.25) is 0 Å². The van der Waals surface area contributed by atoms with Gasteiger partial charge in [0.2, 0.25) is 5.91 Å². The second-order valence-electron chi connectivity index (χ2n) is 8.22. The third kappa shape index (κ3) is 2.99. The summed E-state index contributed by atoms with van der Waals surface area (Å²) >= 11 is 0. The Morgan fingerprint density at radius 2 is 1.77 bits per heavy atom. The molecule has 1 amide bonds. The van der Waals surface area contributed by atoms with Crippen molar-refractivity contribution in [1.29, 1.82) is 5.26 Å². The van der Waals surface area contributed by atoms with E-state index in [0.717, 1.165) is 6.42 Å². The summed E-state index contributed by atoms with van der Waals surface area (Å²) < 4.78 is 5.82. The number of nitrogens with two attached hydrogens (primary N) is 2. The maximum Gasteiger partial charge on any atom is 0.232 e. The monoisotopic (exact) mass is 409 g/mol. The molecular weight excluding hydrogens is 382 g/mol. The van der Waals surface area contributed by atoms with Gasteiger partial charge in [-0.25, -0.2) is 9.97 Å². The molecule has 9 nitrogen and oxygen atoms in total. The Labute approximate surface area is 175 Å². The smallest absolute Gasteiger partial charge is 0.232 e. The number of anilines is 4. The molecule has 2 aliphatic heterocycles. The number of morpholine rings is 1. The lowest BCUT2D eigenvalue weighted by Crippen LogP contribution is -2.46. The van der Waals surface area contributed by atoms with Crippen molar-refractivity contribution >= 4 is 40.0 Å². The van der Waals surface area contributed by atoms with Crippen molar-refractivity contribution in [2.24, 2.45) is 0 Å². The number of ether oxygens (including phenoxy) is 1. The van der Waals surface area contributed by atoms with Crippen LogP contribution in [0.5, 0.6) is 0 Å². The van der Waals surface area contributed by atoms with Gasteiger partial charge in [0.1, 0.15) is 34.9 Å². The summed E-state index contributed by atoms with van der Waals surface area (Å²) in [5, 5.41) is 11.2. The molecular formula is C21H27N7O2. The summed E-state index contributed by atoms with van der Waals surface area (Å²) in [6.45, 7) is 9.16. The molecule has 0 saturated carbocycles. The van der Waals surface area contributed by atoms with E-state index in [2.05, 4.69) is 16.0 Å². The zero-order chi connectivity index (χ0) is 21.7. The number of hydrogen-bond donors (Lipinski definition) is 2. The Hall–Kier alpha value is -3.12. The molecule has 4 rings (SSSR count). The topological polar surface area (TPSA) is 134 Å². The highest BCUT2D eigenvalue weighted by atomic mass is 16.5. The van der Waals surface area contributed by atoms with Crippen molar-refractivity contribution in [1.82, 2.24) is 9.97 Å². The lowest BCUT2D eigenvalue weighted by molar-refractivity contribution is -0.117. The van der Waals surface area contributed by atoms with Crippen LogP contribution < -0.4 is 21.3 Å². The largest absolute Gasteiger partial charge is 0.383 e. The SMILES string of the molecule is CC[C@@H](C)N1C(=O)Cc2c1nc(N)c1c(N)nc(N3C[C@@H](C)O[C@@H](C)C3)c(C#N)c21. The van der Waals surface area contributed by atoms with Crippen molar-refractivity contribution in [2.75, 3.05) is 34.4 Å². The zero-order valence-electron chi connectivity index (χ0n) is 17.8. The van der Waals surface area contributed by atoms with Crippen LogP contribution in [0.25, 0.3) is 10.8 Å². The van der Waals surface area contributed by atoms with Crippen LogP contribution in [0.3, 0.4) is 0 Å². The fourth-order valence-corrected chi connectivity index (χ4v) is 4.55. The Bertz CT molecular complexity index is 1070. The molecule has 4 N–H and O–H groups in total. The van der Waals surface area contributed by atoms with Crippen molar-refractivity contribution < 1.29 is 9.53 Å². The number of pyridine rings is 2. The highest BCUT2D eigenvalue weighted by Crippen LogP contribution is 2.42. The Morgan fingerprint density at radius 1 is 1.17 bits per heavy atom. The van der Waals surface area contributed by atoms with Crippen LogP contribution in [0.1, 0.15) is 45.2 Å². The number of nitrogen functional groups attached to an aromatic ring is 2. The molecule has 0 aliphatic carbocycles. The summed E-state index contributed by atoms with van der Waals surface area (Å²) in [4.78, 5) is 25.6. The third-order valence-electron chi connectivity index (χ3n) is 5.95. The number of carbonyl (C=O) groups excluding carboxylic acids is 1. The van der Waals surface area contributed by atoms with E-state index in [0.29, 0.717) is 46.6 Å². The Balaban J connectivity index is 2.00. The highest BCUT2D eigenvalue weighted by Gasteiger charge is 2.36. The minimum atomic E-state index is -0.0480. The van der Waals surface area contributed by atoms with Crippen LogP contribution in [-0.2, 0) is 16.0 Å². The van der Waals surface area contributed by atoms with Gasteiger partial charge in [-0.3, -0.25) is 9.69 Å². The van der Waals surface area contributed by atoms with E-state index in [1.807, 2.05) is 32.6 Å². The average molecular weight is 409 g/mol. The highest BCUT2D eigenvalue weighted by molar-refractivity contribution is 6.13. The predicted octanol–water partition coefficient (Wildman–Crippen LogP) is 1.97. The molecule has 0 aromatic carbocycles. The van der Waals surface area contributed by atoms with E-state index in [-0.39, 0.29) is 42.2 Å². The average Bonchev–Trinajstić information content (AvgIpc) is 3.01. The summed E-state index contributed by atoms with van der Waals surface area (Å²) in [6.07, 6.45) is 0.935. The van der Waals surface area contributed by atoms with E-state index in [1.165, 1.54) is 0 Å². The number of aromatic nitrogens is 2. The van der Waals surface area contributed by atoms with Gasteiger partial charge in [0.05, 0.1) is 24.0 Å². The first-order chi connectivity index (χ1) is 14.3. The van der Waals surface area contributed by atoms with E-state index in [9.17, 15) is 10.1 Å². The molecule has 0 spiro atoms. The molecule has 158 valence electrons. The van der Waals surface area contributed by atoms with E-state index in [1.54, 1.807) is 4.90 Å². The minimum Gasteiger partial charge on any atom is -0.383 e. The molecule has 0 bridgehead atoms. The van der Waals surface area contributed by atoms with Gasteiger partial charge in [0.15, 0.2) is 0 Å². The number of rotatable bonds is 3. The third-order valence-corrected chi connectivity index (χ3v) is 5.95. The van der Waals surface area contributed by atoms with Gasteiger partial charge < -0.3 is 21.1 Å². The Morgan fingerprint density at radius 3 is 2.33 bits per heavy atom. The van der Waals surface area contributed by atoms with Gasteiger partial charge in [0.25, 0.3) is 0 Å². The molecule has 3 atom stereocenters. The van der Waals surface area contributed by atoms with Crippen molar-refractivity contribution in [2.45, 2.75) is 58.8 Å². The molecule has 1 saturated heterocycles. The van der Waals surface area contributed by atoms with E-state index in [4.69, 9.17) is 16.2 Å². The molecule has 2 aliphatic rings. The zero-order valence-corrected chi connectivity index (χ0v) is 17.8. The standard InChI is InChI=1S/C21H27N7O2/c1-5-10(2)28-15(29)6-13-16-14(7-22)20(27-8-11(3)30-12(4)9-27)25-18(23)17(16)19(24)26-21(13)28/h10-12H,5-6,8-9H2,1-4H3,(H2,23,25)(H2,24,26)/t10-,11-,12+/m1/s1. The van der Waals surface area contributed by atoms with Crippen molar-refractivity contribution in [3.8, 4) is 6.07 Å². The van der Waals surface area contributed by atoms with Crippen LogP contribution in [0, 0.1) is 11.3 Å². The molecule has 4 heterocycles. The molecule has 30 heavy (non-hydrogen) atoms. The van der Waals surface area contributed by atoms with Gasteiger partial charge >= 0.3 is 0 Å². The van der Waals surface area contributed by atoms with Gasteiger partial charge in [-0.15, -0.1) is 0 Å². The quantitative estimate of drug-likeness (QED) is 0.786. The number of nitrogens with zero attached hydrogens (tertiary/aromatic N) is 5. The Kier molecular flexibility index (Phi) is 4.90. The first-order valence-corrected chi connectivity index (χ1v) is 10.3. The normalized spacial score (nSPS) is 22.3. The lowest BCUT2D eigenvalue weighted by Gasteiger charge is -2.36. The predicted molar refractivity (Wildman–Crippen MR) is 116 cm³/mol. The minimum absolute atomic E-state index is 0.00490. The molecule has 0 radical (unpaired) electrons. The van der Waals surface area contributed by atoms with Gasteiger partial charge in [-0.05, 0) is 27.2 Å². The van der Waals surface area contributed by atoms with Gasteiger partial charge in [0, 0.05) is 30.1 Å². The number of hydrogen-bond acceptors (Lipinski definition) is 8. The molecule has 1 fully saturated rings. The van der Waals surface area contributed by atoms with Crippen molar-refractivity contribution in [3.63, 3.8) is 0 Å². The summed E-state index contributed by atoms with van der Waals surface area (Å²) in [5.41, 5.74) is 13.7. The second kappa shape index (κ2) is 7.29. The van der Waals surface area contributed by atoms with Crippen LogP contribution in [-0.4, -0.2) is 47.2 Å². The van der Waals surface area contributed by atoms with Crippen LogP contribution in [0.15, 0.2) is 0 Å². The number of fused-ring (bicyclic) bond motifs is 3. The fourth-order valence-electron chi connectivity index (χ4n) is 4.55. The summed E-state index contributed by atoms with van der Waals surface area (Å²) in [5.74, 6) is 1.38. The number of nitriles is 1. The molecule has 0 unspecified atom stereocenters. The first-order valence-electron chi connectivity index (χ1n) is 10.3. The first kappa shape index (κ1) is 20.2. The van der Waals surface area contributed by atoms with Crippen molar-refractivity contribution in [3.05, 3.63) is 11.1 Å². The van der Waals surface area contributed by atoms with Gasteiger partial charge in [-0.2, -0.15) is 5.26 Å². The van der Waals surface area contributed by atoms with Crippen LogP contribution in [0.4, 0.5) is 23.3 Å². The summed E-state index contributed by atoms with van der Waals surface area (Å²) in [7, 11) is 0. The number of carbonyl (C=O) groups is 1. The fraction of sp³-hybridized carbons (Fsp3) is 0.524. The number of amides is 1. The molecule has 2 aromatic heterocycles. The van der Waals surface area contributed by atoms with Gasteiger partial charge in [-0.1, -0.05) is 6.92 Å². The van der Waals surface area contributed by atoms with E-state index >= 15 is 0 Å². The summed E-state index contributed by atoms with van der Waals surface area (Å²) in [6, 6.07) is 2.29. The van der Waals surface area contributed by atoms with E-state index < -0.39 is 0 Å². The van der Waals surface area contributed by atoms with Crippen LogP contribution >= 0.6 is 0 Å². The molecule has 9 heteroatoms. The second-order valence-corrected chi connectivity index (χ2v) is 8.22. The maximum absolute atomic E-state index is 12.8.